The number of hydrogen-bond acceptors (Lipinski definition) is 2. The number of rotatable bonds is 2. The number of carboxylic acids is 1. The summed E-state index contributed by atoms with van der Waals surface area (Å²) in [6.07, 6.45) is 1.49. The summed E-state index contributed by atoms with van der Waals surface area (Å²) in [4.78, 5) is 15.9. The summed E-state index contributed by atoms with van der Waals surface area (Å²) in [6, 6.07) is 10.6. The van der Waals surface area contributed by atoms with E-state index in [4.69, 9.17) is 23.2 Å². The van der Waals surface area contributed by atoms with Gasteiger partial charge in [-0.25, -0.2) is 9.78 Å². The van der Waals surface area contributed by atoms with Crippen molar-refractivity contribution in [3.05, 3.63) is 58.3 Å². The van der Waals surface area contributed by atoms with E-state index >= 15 is 0 Å². The molecule has 0 aliphatic rings. The minimum atomic E-state index is -1.09. The van der Waals surface area contributed by atoms with Crippen molar-refractivity contribution in [3.63, 3.8) is 0 Å². The van der Waals surface area contributed by atoms with Gasteiger partial charge in [-0.3, -0.25) is 4.40 Å². The Morgan fingerprint density at radius 2 is 1.90 bits per heavy atom. The lowest BCUT2D eigenvalue weighted by molar-refractivity contribution is 0.0690. The summed E-state index contributed by atoms with van der Waals surface area (Å²) in [5, 5.41) is 10.1. The second kappa shape index (κ2) is 4.81. The first-order valence-electron chi connectivity index (χ1n) is 5.74. The summed E-state index contributed by atoms with van der Waals surface area (Å²) in [6.45, 7) is 0. The van der Waals surface area contributed by atoms with Crippen LogP contribution in [0.15, 0.2) is 42.6 Å². The third-order valence-electron chi connectivity index (χ3n) is 2.89. The molecule has 0 unspecified atom stereocenters. The van der Waals surface area contributed by atoms with Crippen LogP contribution < -0.4 is 0 Å². The van der Waals surface area contributed by atoms with Gasteiger partial charge in [-0.1, -0.05) is 53.5 Å². The number of carboxylic acid groups (broad SMARTS) is 1. The highest BCUT2D eigenvalue weighted by molar-refractivity contribution is 6.36. The van der Waals surface area contributed by atoms with E-state index in [-0.39, 0.29) is 5.69 Å². The average Bonchev–Trinajstić information content (AvgIpc) is 2.79. The lowest BCUT2D eigenvalue weighted by Gasteiger charge is -2.01. The summed E-state index contributed by atoms with van der Waals surface area (Å²) >= 11 is 12.0. The lowest BCUT2D eigenvalue weighted by Crippen LogP contribution is -2.03. The second-order valence-corrected chi connectivity index (χ2v) is 5.02. The molecule has 2 aromatic heterocycles. The zero-order valence-corrected chi connectivity index (χ0v) is 11.6. The van der Waals surface area contributed by atoms with Crippen LogP contribution in [0, 0.1) is 0 Å². The smallest absolute Gasteiger partial charge is 0.355 e. The Kier molecular flexibility index (Phi) is 3.12. The van der Waals surface area contributed by atoms with Crippen LogP contribution >= 0.6 is 23.2 Å². The molecule has 0 spiro atoms. The van der Waals surface area contributed by atoms with Gasteiger partial charge in [0.1, 0.15) is 5.69 Å². The van der Waals surface area contributed by atoms with E-state index in [9.17, 15) is 9.90 Å². The first-order valence-corrected chi connectivity index (χ1v) is 6.49. The molecule has 0 bridgehead atoms. The Labute approximate surface area is 124 Å². The normalized spacial score (nSPS) is 10.9. The maximum atomic E-state index is 11.5. The van der Waals surface area contributed by atoms with Crippen LogP contribution in [0.3, 0.4) is 0 Å². The average molecular weight is 307 g/mol. The predicted molar refractivity (Wildman–Crippen MR) is 77.6 cm³/mol. The van der Waals surface area contributed by atoms with Crippen LogP contribution in [0.1, 0.15) is 10.5 Å². The molecule has 0 fully saturated rings. The van der Waals surface area contributed by atoms with Crippen molar-refractivity contribution in [1.29, 1.82) is 0 Å². The van der Waals surface area contributed by atoms with Gasteiger partial charge in [0.05, 0.1) is 10.0 Å². The molecule has 100 valence electrons. The van der Waals surface area contributed by atoms with Crippen LogP contribution in [0.2, 0.25) is 10.0 Å². The van der Waals surface area contributed by atoms with Crippen molar-refractivity contribution in [2.45, 2.75) is 0 Å². The summed E-state index contributed by atoms with van der Waals surface area (Å²) in [5.41, 5.74) is 1.48. The highest BCUT2D eigenvalue weighted by atomic mass is 35.5. The Hall–Kier alpha value is -2.04. The molecular formula is C14H8Cl2N2O2. The minimum absolute atomic E-state index is 0.0376. The van der Waals surface area contributed by atoms with Gasteiger partial charge in [-0.05, 0) is 6.07 Å². The van der Waals surface area contributed by atoms with Crippen LogP contribution in [-0.4, -0.2) is 20.5 Å². The molecule has 1 aromatic carbocycles. The molecule has 0 atom stereocenters. The monoisotopic (exact) mass is 306 g/mol. The van der Waals surface area contributed by atoms with E-state index in [2.05, 4.69) is 4.98 Å². The summed E-state index contributed by atoms with van der Waals surface area (Å²) in [5.74, 6) is -1.09. The molecule has 0 saturated heterocycles. The van der Waals surface area contributed by atoms with Crippen molar-refractivity contribution < 1.29 is 9.90 Å². The van der Waals surface area contributed by atoms with E-state index in [1.807, 2.05) is 18.2 Å². The number of imidazole rings is 1. The molecule has 3 rings (SSSR count). The summed E-state index contributed by atoms with van der Waals surface area (Å²) in [7, 11) is 0. The van der Waals surface area contributed by atoms with Crippen molar-refractivity contribution >= 4 is 34.8 Å². The molecule has 0 saturated carbocycles. The highest BCUT2D eigenvalue weighted by Gasteiger charge is 2.21. The molecule has 3 aromatic rings. The van der Waals surface area contributed by atoms with Crippen LogP contribution in [0.4, 0.5) is 0 Å². The zero-order valence-electron chi connectivity index (χ0n) is 10.0. The van der Waals surface area contributed by atoms with E-state index < -0.39 is 5.97 Å². The Morgan fingerprint density at radius 1 is 1.20 bits per heavy atom. The van der Waals surface area contributed by atoms with E-state index in [0.29, 0.717) is 26.9 Å². The van der Waals surface area contributed by atoms with Crippen LogP contribution in [0.5, 0.6) is 0 Å². The van der Waals surface area contributed by atoms with E-state index in [1.54, 1.807) is 12.1 Å². The fourth-order valence-electron chi connectivity index (χ4n) is 2.07. The number of aromatic carboxylic acids is 1. The fraction of sp³-hybridized carbons (Fsp3) is 0. The van der Waals surface area contributed by atoms with Gasteiger partial charge >= 0.3 is 5.97 Å². The maximum Gasteiger partial charge on any atom is 0.355 e. The number of benzene rings is 1. The van der Waals surface area contributed by atoms with Gasteiger partial charge < -0.3 is 5.11 Å². The number of carbonyl (C=O) groups is 1. The third-order valence-corrected chi connectivity index (χ3v) is 3.38. The number of fused-ring (bicyclic) bond motifs is 1. The van der Waals surface area contributed by atoms with Gasteiger partial charge in [0, 0.05) is 11.8 Å². The number of aromatic nitrogens is 2. The predicted octanol–water partition coefficient (Wildman–Crippen LogP) is 4.01. The van der Waals surface area contributed by atoms with E-state index in [0.717, 1.165) is 0 Å². The van der Waals surface area contributed by atoms with Crippen LogP contribution in [-0.2, 0) is 0 Å². The third kappa shape index (κ3) is 2.03. The maximum absolute atomic E-state index is 11.5. The second-order valence-electron chi connectivity index (χ2n) is 4.18. The standard InChI is InChI=1S/C14H8Cl2N2O2/c15-9-6-10(16)13-17-11(8-4-2-1-3-5-8)12(14(19)20)18(13)7-9/h1-7H,(H,19,20). The first-order chi connectivity index (χ1) is 9.58. The van der Waals surface area contributed by atoms with Gasteiger partial charge in [-0.15, -0.1) is 0 Å². The SMILES string of the molecule is O=C(O)c1c(-c2ccccc2)nc2c(Cl)cc(Cl)cn12. The summed E-state index contributed by atoms with van der Waals surface area (Å²) < 4.78 is 1.40. The van der Waals surface area contributed by atoms with Gasteiger partial charge in [0.15, 0.2) is 11.3 Å². The largest absolute Gasteiger partial charge is 0.476 e. The fourth-order valence-corrected chi connectivity index (χ4v) is 2.59. The number of hydrogen-bond donors (Lipinski definition) is 1. The Bertz CT molecular complexity index is 813. The van der Waals surface area contributed by atoms with Crippen molar-refractivity contribution in [2.24, 2.45) is 0 Å². The van der Waals surface area contributed by atoms with E-state index in [1.165, 1.54) is 16.7 Å². The molecule has 0 aliphatic carbocycles. The quantitative estimate of drug-likeness (QED) is 0.778. The van der Waals surface area contributed by atoms with Gasteiger partial charge in [0.2, 0.25) is 0 Å². The van der Waals surface area contributed by atoms with Crippen molar-refractivity contribution in [3.8, 4) is 11.3 Å². The Morgan fingerprint density at radius 3 is 2.55 bits per heavy atom. The molecule has 1 N–H and O–H groups in total. The van der Waals surface area contributed by atoms with Gasteiger partial charge in [-0.2, -0.15) is 0 Å². The van der Waals surface area contributed by atoms with Gasteiger partial charge in [0.25, 0.3) is 0 Å². The van der Waals surface area contributed by atoms with Crippen molar-refractivity contribution in [1.82, 2.24) is 9.38 Å². The molecule has 2 heterocycles. The van der Waals surface area contributed by atoms with Crippen LogP contribution in [0.25, 0.3) is 16.9 Å². The van der Waals surface area contributed by atoms with Crippen molar-refractivity contribution in [2.75, 3.05) is 0 Å². The minimum Gasteiger partial charge on any atom is -0.476 e. The molecule has 20 heavy (non-hydrogen) atoms. The molecule has 0 aliphatic heterocycles. The molecule has 0 radical (unpaired) electrons. The number of nitrogens with zero attached hydrogens (tertiary/aromatic N) is 2. The zero-order chi connectivity index (χ0) is 14.3. The molecule has 0 amide bonds. The number of pyridine rings is 1. The highest BCUT2D eigenvalue weighted by Crippen LogP contribution is 2.29. The Balaban J connectivity index is 2.41. The number of halogens is 2. The molecular weight excluding hydrogens is 299 g/mol. The molecule has 6 heteroatoms. The first kappa shape index (κ1) is 13.0. The molecule has 4 nitrogen and oxygen atoms in total. The topological polar surface area (TPSA) is 54.6 Å². The lowest BCUT2D eigenvalue weighted by atomic mass is 10.1.